The number of amides is 6. The van der Waals surface area contributed by atoms with Crippen molar-refractivity contribution in [2.45, 2.75) is 37.1 Å². The van der Waals surface area contributed by atoms with Gasteiger partial charge in [0.25, 0.3) is 5.91 Å². The molecule has 1 spiro atoms. The average molecular weight is 538 g/mol. The molecule has 1 unspecified atom stereocenters. The molecule has 0 bridgehead atoms. The number of carbonyl (C=O) groups excluding carboxylic acids is 4. The number of rotatable bonds is 3. The van der Waals surface area contributed by atoms with E-state index in [1.54, 1.807) is 23.6 Å². The van der Waals surface area contributed by atoms with Crippen LogP contribution >= 0.6 is 11.3 Å². The number of hydrogen-bond donors (Lipinski definition) is 3. The normalized spacial score (nSPS) is 22.8. The number of alkyl halides is 3. The molecule has 1 aromatic heterocycles. The fraction of sp³-hybridized carbons (Fsp3) is 0.391. The van der Waals surface area contributed by atoms with E-state index >= 15 is 0 Å². The zero-order valence-electron chi connectivity index (χ0n) is 19.5. The molecule has 6 amide bonds. The predicted octanol–water partition coefficient (Wildman–Crippen LogP) is 2.54. The van der Waals surface area contributed by atoms with Crippen LogP contribution in [0.5, 0.6) is 5.75 Å². The van der Waals surface area contributed by atoms with Gasteiger partial charge in [-0.15, -0.1) is 11.3 Å². The number of urea groups is 2. The second kappa shape index (κ2) is 8.94. The van der Waals surface area contributed by atoms with E-state index in [-0.39, 0.29) is 18.7 Å². The number of nitrogens with one attached hydrogen (secondary N) is 3. The van der Waals surface area contributed by atoms with Gasteiger partial charge in [0.1, 0.15) is 24.4 Å². The molecule has 0 radical (unpaired) electrons. The number of carbonyl (C=O) groups is 4. The summed E-state index contributed by atoms with van der Waals surface area (Å²) in [6.45, 7) is -1.98. The standard InChI is InChI=1S/C23H22F3N5O5S/c1-27-20(34)28-13-2-3-14-12(8-13)4-6-22(14)19(33)31(21(35)29-22)10-18(32)30-9-16-15(5-7-37-16)36-11-17(30)23(24,25)26/h2-3,5,7-8,17H,4,6,9-11H2,1H3,(H,29,35)(H2,27,28,34)/t17-,22?/m0/s1. The Morgan fingerprint density at radius 2 is 2.05 bits per heavy atom. The van der Waals surface area contributed by atoms with Crippen molar-refractivity contribution in [3.05, 3.63) is 45.6 Å². The van der Waals surface area contributed by atoms with Crippen LogP contribution in [-0.4, -0.2) is 66.1 Å². The number of fused-ring (bicyclic) bond motifs is 3. The number of imide groups is 1. The molecule has 14 heteroatoms. The molecule has 3 N–H and O–H groups in total. The van der Waals surface area contributed by atoms with Crippen LogP contribution in [-0.2, 0) is 28.1 Å². The number of hydrogen-bond acceptors (Lipinski definition) is 6. The highest BCUT2D eigenvalue weighted by molar-refractivity contribution is 7.10. The van der Waals surface area contributed by atoms with E-state index < -0.39 is 54.8 Å². The van der Waals surface area contributed by atoms with Gasteiger partial charge in [-0.3, -0.25) is 14.5 Å². The first-order valence-corrected chi connectivity index (χ1v) is 12.2. The van der Waals surface area contributed by atoms with Gasteiger partial charge in [0.2, 0.25) is 5.91 Å². The van der Waals surface area contributed by atoms with Crippen molar-refractivity contribution in [2.24, 2.45) is 0 Å². The summed E-state index contributed by atoms with van der Waals surface area (Å²) < 4.78 is 46.7. The van der Waals surface area contributed by atoms with Gasteiger partial charge in [0.15, 0.2) is 6.04 Å². The van der Waals surface area contributed by atoms with Crippen LogP contribution in [0.2, 0.25) is 0 Å². The van der Waals surface area contributed by atoms with Gasteiger partial charge in [-0.25, -0.2) is 9.59 Å². The fourth-order valence-electron chi connectivity index (χ4n) is 4.92. The SMILES string of the molecule is CNC(=O)Nc1ccc2c(c1)CCC21NC(=O)N(CC(=O)N2Cc3sccc3OC[C@H]2C(F)(F)F)C1=O. The molecule has 10 nitrogen and oxygen atoms in total. The molecule has 3 aliphatic rings. The van der Waals surface area contributed by atoms with Gasteiger partial charge in [-0.1, -0.05) is 6.07 Å². The summed E-state index contributed by atoms with van der Waals surface area (Å²) in [5.74, 6) is -1.45. The van der Waals surface area contributed by atoms with Crippen molar-refractivity contribution >= 4 is 40.9 Å². The molecular formula is C23H22F3N5O5S. The van der Waals surface area contributed by atoms with Crippen LogP contribution in [0.1, 0.15) is 22.4 Å². The zero-order chi connectivity index (χ0) is 26.5. The molecule has 1 aliphatic carbocycles. The highest BCUT2D eigenvalue weighted by Crippen LogP contribution is 2.42. The maximum Gasteiger partial charge on any atom is 0.412 e. The summed E-state index contributed by atoms with van der Waals surface area (Å²) in [6.07, 6.45) is -4.15. The minimum Gasteiger partial charge on any atom is -0.490 e. The van der Waals surface area contributed by atoms with E-state index in [9.17, 15) is 32.3 Å². The lowest BCUT2D eigenvalue weighted by Gasteiger charge is -2.31. The molecule has 2 aromatic rings. The third-order valence-electron chi connectivity index (χ3n) is 6.78. The molecule has 196 valence electrons. The molecule has 1 fully saturated rings. The first-order valence-electron chi connectivity index (χ1n) is 11.3. The summed E-state index contributed by atoms with van der Waals surface area (Å²) in [7, 11) is 1.47. The van der Waals surface area contributed by atoms with E-state index in [4.69, 9.17) is 4.74 Å². The monoisotopic (exact) mass is 537 g/mol. The quantitative estimate of drug-likeness (QED) is 0.520. The number of thiophene rings is 1. The zero-order valence-corrected chi connectivity index (χ0v) is 20.3. The van der Waals surface area contributed by atoms with Crippen LogP contribution in [0.3, 0.4) is 0 Å². The first-order chi connectivity index (χ1) is 17.5. The maximum absolute atomic E-state index is 13.8. The van der Waals surface area contributed by atoms with Crippen molar-refractivity contribution in [3.63, 3.8) is 0 Å². The molecule has 37 heavy (non-hydrogen) atoms. The summed E-state index contributed by atoms with van der Waals surface area (Å²) >= 11 is 1.15. The Bertz CT molecular complexity index is 1300. The van der Waals surface area contributed by atoms with Gasteiger partial charge in [0.05, 0.1) is 11.4 Å². The van der Waals surface area contributed by atoms with Crippen molar-refractivity contribution in [3.8, 4) is 5.75 Å². The summed E-state index contributed by atoms with van der Waals surface area (Å²) in [5.41, 5.74) is 0.309. The first kappa shape index (κ1) is 24.9. The third-order valence-corrected chi connectivity index (χ3v) is 7.66. The minimum absolute atomic E-state index is 0.211. The second-order valence-electron chi connectivity index (χ2n) is 8.90. The van der Waals surface area contributed by atoms with Crippen LogP contribution in [0.25, 0.3) is 0 Å². The van der Waals surface area contributed by atoms with Gasteiger partial charge in [-0.05, 0) is 47.5 Å². The Kier molecular flexibility index (Phi) is 6.01. The molecule has 2 atom stereocenters. The lowest BCUT2D eigenvalue weighted by molar-refractivity contribution is -0.195. The van der Waals surface area contributed by atoms with Gasteiger partial charge in [-0.2, -0.15) is 13.2 Å². The Morgan fingerprint density at radius 1 is 1.27 bits per heavy atom. The lowest BCUT2D eigenvalue weighted by atomic mass is 9.91. The van der Waals surface area contributed by atoms with Gasteiger partial charge in [0, 0.05) is 12.7 Å². The van der Waals surface area contributed by atoms with Gasteiger partial charge >= 0.3 is 18.2 Å². The van der Waals surface area contributed by atoms with Crippen molar-refractivity contribution in [1.29, 1.82) is 0 Å². The second-order valence-corrected chi connectivity index (χ2v) is 9.90. The fourth-order valence-corrected chi connectivity index (χ4v) is 5.74. The number of benzene rings is 1. The van der Waals surface area contributed by atoms with Crippen LogP contribution in [0.15, 0.2) is 29.6 Å². The number of ether oxygens (including phenoxy) is 1. The largest absolute Gasteiger partial charge is 0.490 e. The Morgan fingerprint density at radius 3 is 2.78 bits per heavy atom. The molecule has 5 rings (SSSR count). The predicted molar refractivity (Wildman–Crippen MR) is 125 cm³/mol. The molecule has 3 heterocycles. The molecular weight excluding hydrogens is 515 g/mol. The Hall–Kier alpha value is -3.81. The summed E-state index contributed by atoms with van der Waals surface area (Å²) in [5, 5.41) is 9.37. The maximum atomic E-state index is 13.8. The summed E-state index contributed by atoms with van der Waals surface area (Å²) in [4.78, 5) is 52.8. The Balaban J connectivity index is 1.38. The topological polar surface area (TPSA) is 120 Å². The van der Waals surface area contributed by atoms with Crippen molar-refractivity contribution < 1.29 is 37.1 Å². The molecule has 2 aliphatic heterocycles. The van der Waals surface area contributed by atoms with E-state index in [0.29, 0.717) is 32.3 Å². The molecule has 1 aromatic carbocycles. The van der Waals surface area contributed by atoms with Crippen LogP contribution in [0, 0.1) is 0 Å². The van der Waals surface area contributed by atoms with E-state index in [2.05, 4.69) is 16.0 Å². The van der Waals surface area contributed by atoms with Crippen molar-refractivity contribution in [1.82, 2.24) is 20.4 Å². The van der Waals surface area contributed by atoms with Crippen LogP contribution < -0.4 is 20.7 Å². The highest BCUT2D eigenvalue weighted by Gasteiger charge is 2.56. The summed E-state index contributed by atoms with van der Waals surface area (Å²) in [6, 6.07) is 2.91. The third kappa shape index (κ3) is 4.24. The average Bonchev–Trinajstić information content (AvgIpc) is 3.46. The van der Waals surface area contributed by atoms with Crippen molar-refractivity contribution in [2.75, 3.05) is 25.5 Å². The number of aryl methyl sites for hydroxylation is 1. The van der Waals surface area contributed by atoms with E-state index in [1.165, 1.54) is 13.1 Å². The highest BCUT2D eigenvalue weighted by atomic mass is 32.1. The molecule has 1 saturated heterocycles. The Labute approximate surface area is 212 Å². The van der Waals surface area contributed by atoms with Gasteiger partial charge < -0.3 is 25.6 Å². The van der Waals surface area contributed by atoms with E-state index in [0.717, 1.165) is 16.9 Å². The lowest BCUT2D eigenvalue weighted by Crippen LogP contribution is -2.53. The molecule has 0 saturated carbocycles. The minimum atomic E-state index is -4.77. The number of halogens is 3. The van der Waals surface area contributed by atoms with E-state index in [1.807, 2.05) is 0 Å². The van der Waals surface area contributed by atoms with Crippen LogP contribution in [0.4, 0.5) is 28.4 Å². The number of nitrogens with zero attached hydrogens (tertiary/aromatic N) is 2. The smallest absolute Gasteiger partial charge is 0.412 e. The number of anilines is 1.